The SMILES string of the molecule is COc1cccc(NC(=O)NCc2nc(-c3ccccc3)n[nH]2)c1. The maximum atomic E-state index is 11.9. The van der Waals surface area contributed by atoms with Crippen molar-refractivity contribution in [3.63, 3.8) is 0 Å². The molecule has 122 valence electrons. The quantitative estimate of drug-likeness (QED) is 0.673. The van der Waals surface area contributed by atoms with E-state index >= 15 is 0 Å². The Morgan fingerprint density at radius 2 is 2.00 bits per heavy atom. The first-order chi connectivity index (χ1) is 11.7. The number of benzene rings is 2. The molecule has 7 heteroatoms. The summed E-state index contributed by atoms with van der Waals surface area (Å²) >= 11 is 0. The minimum atomic E-state index is -0.332. The van der Waals surface area contributed by atoms with Gasteiger partial charge in [0, 0.05) is 17.3 Å². The molecule has 0 atom stereocenters. The van der Waals surface area contributed by atoms with Crippen LogP contribution < -0.4 is 15.4 Å². The zero-order chi connectivity index (χ0) is 16.8. The van der Waals surface area contributed by atoms with Crippen molar-refractivity contribution in [1.29, 1.82) is 0 Å². The minimum absolute atomic E-state index is 0.246. The van der Waals surface area contributed by atoms with Crippen molar-refractivity contribution in [1.82, 2.24) is 20.5 Å². The van der Waals surface area contributed by atoms with Crippen molar-refractivity contribution in [2.24, 2.45) is 0 Å². The standard InChI is InChI=1S/C17H17N5O2/c1-24-14-9-5-8-13(10-14)19-17(23)18-11-15-20-16(22-21-15)12-6-3-2-4-7-12/h2-10H,11H2,1H3,(H2,18,19,23)(H,20,21,22). The second-order valence-electron chi connectivity index (χ2n) is 5.01. The molecule has 0 aliphatic rings. The third-order valence-corrected chi connectivity index (χ3v) is 3.31. The molecule has 0 radical (unpaired) electrons. The van der Waals surface area contributed by atoms with E-state index in [4.69, 9.17) is 4.74 Å². The number of carbonyl (C=O) groups excluding carboxylic acids is 1. The van der Waals surface area contributed by atoms with Gasteiger partial charge < -0.3 is 15.4 Å². The fourth-order valence-corrected chi connectivity index (χ4v) is 2.13. The molecule has 0 fully saturated rings. The molecule has 0 aliphatic heterocycles. The maximum absolute atomic E-state index is 11.9. The average molecular weight is 323 g/mol. The van der Waals surface area contributed by atoms with Crippen LogP contribution in [0.15, 0.2) is 54.6 Å². The van der Waals surface area contributed by atoms with Crippen molar-refractivity contribution >= 4 is 11.7 Å². The molecule has 0 saturated heterocycles. The Morgan fingerprint density at radius 1 is 1.17 bits per heavy atom. The average Bonchev–Trinajstić information content (AvgIpc) is 3.10. The van der Waals surface area contributed by atoms with E-state index in [9.17, 15) is 4.79 Å². The van der Waals surface area contributed by atoms with Gasteiger partial charge in [0.2, 0.25) is 0 Å². The molecule has 1 aromatic heterocycles. The van der Waals surface area contributed by atoms with E-state index in [1.54, 1.807) is 25.3 Å². The zero-order valence-corrected chi connectivity index (χ0v) is 13.1. The van der Waals surface area contributed by atoms with Crippen molar-refractivity contribution in [2.75, 3.05) is 12.4 Å². The van der Waals surface area contributed by atoms with Gasteiger partial charge >= 0.3 is 6.03 Å². The van der Waals surface area contributed by atoms with E-state index in [-0.39, 0.29) is 12.6 Å². The number of carbonyl (C=O) groups is 1. The summed E-state index contributed by atoms with van der Waals surface area (Å²) in [5.41, 5.74) is 1.57. The summed E-state index contributed by atoms with van der Waals surface area (Å²) in [6, 6.07) is 16.4. The van der Waals surface area contributed by atoms with Gasteiger partial charge in [-0.25, -0.2) is 9.78 Å². The number of methoxy groups -OCH3 is 1. The Hall–Kier alpha value is -3.35. The number of anilines is 1. The normalized spacial score (nSPS) is 10.2. The van der Waals surface area contributed by atoms with Crippen LogP contribution in [0.4, 0.5) is 10.5 Å². The number of aromatic amines is 1. The van der Waals surface area contributed by atoms with Crippen LogP contribution in [0.2, 0.25) is 0 Å². The third kappa shape index (κ3) is 3.89. The van der Waals surface area contributed by atoms with Gasteiger partial charge in [-0.2, -0.15) is 5.10 Å². The first-order valence-electron chi connectivity index (χ1n) is 7.40. The third-order valence-electron chi connectivity index (χ3n) is 3.31. The monoisotopic (exact) mass is 323 g/mol. The Kier molecular flexibility index (Phi) is 4.71. The predicted molar refractivity (Wildman–Crippen MR) is 90.7 cm³/mol. The number of aromatic nitrogens is 3. The highest BCUT2D eigenvalue weighted by molar-refractivity contribution is 5.89. The van der Waals surface area contributed by atoms with Crippen LogP contribution in [0.1, 0.15) is 5.82 Å². The second kappa shape index (κ2) is 7.28. The van der Waals surface area contributed by atoms with E-state index in [2.05, 4.69) is 25.8 Å². The Morgan fingerprint density at radius 3 is 2.79 bits per heavy atom. The minimum Gasteiger partial charge on any atom is -0.497 e. The Balaban J connectivity index is 1.56. The molecule has 3 aromatic rings. The highest BCUT2D eigenvalue weighted by Crippen LogP contribution is 2.16. The zero-order valence-electron chi connectivity index (χ0n) is 13.1. The first-order valence-corrected chi connectivity index (χ1v) is 7.40. The molecule has 2 aromatic carbocycles. The number of amides is 2. The Labute approximate surface area is 139 Å². The molecule has 3 N–H and O–H groups in total. The van der Waals surface area contributed by atoms with E-state index in [0.29, 0.717) is 23.1 Å². The first kappa shape index (κ1) is 15.5. The van der Waals surface area contributed by atoms with Gasteiger partial charge in [-0.15, -0.1) is 0 Å². The highest BCUT2D eigenvalue weighted by atomic mass is 16.5. The van der Waals surface area contributed by atoms with Crippen LogP contribution >= 0.6 is 0 Å². The summed E-state index contributed by atoms with van der Waals surface area (Å²) in [7, 11) is 1.58. The second-order valence-corrected chi connectivity index (χ2v) is 5.01. The number of ether oxygens (including phenoxy) is 1. The van der Waals surface area contributed by atoms with Gasteiger partial charge in [-0.3, -0.25) is 5.10 Å². The van der Waals surface area contributed by atoms with E-state index in [1.165, 1.54) is 0 Å². The topological polar surface area (TPSA) is 91.9 Å². The summed E-state index contributed by atoms with van der Waals surface area (Å²) < 4.78 is 5.12. The fourth-order valence-electron chi connectivity index (χ4n) is 2.13. The highest BCUT2D eigenvalue weighted by Gasteiger charge is 2.07. The number of hydrogen-bond acceptors (Lipinski definition) is 4. The molecule has 0 aliphatic carbocycles. The van der Waals surface area contributed by atoms with Crippen molar-refractivity contribution in [3.8, 4) is 17.1 Å². The number of nitrogens with one attached hydrogen (secondary N) is 3. The number of hydrogen-bond donors (Lipinski definition) is 3. The largest absolute Gasteiger partial charge is 0.497 e. The summed E-state index contributed by atoms with van der Waals surface area (Å²) in [6.45, 7) is 0.246. The molecule has 0 bridgehead atoms. The number of nitrogens with zero attached hydrogens (tertiary/aromatic N) is 2. The Bertz CT molecular complexity index is 817. The lowest BCUT2D eigenvalue weighted by molar-refractivity contribution is 0.251. The maximum Gasteiger partial charge on any atom is 0.319 e. The molecule has 7 nitrogen and oxygen atoms in total. The van der Waals surface area contributed by atoms with Gasteiger partial charge in [0.05, 0.1) is 13.7 Å². The lowest BCUT2D eigenvalue weighted by Crippen LogP contribution is -2.28. The molecule has 0 unspecified atom stereocenters. The number of H-pyrrole nitrogens is 1. The van der Waals surface area contributed by atoms with E-state index in [1.807, 2.05) is 36.4 Å². The molecule has 0 saturated carbocycles. The van der Waals surface area contributed by atoms with E-state index in [0.717, 1.165) is 5.56 Å². The summed E-state index contributed by atoms with van der Waals surface area (Å²) in [5.74, 6) is 1.85. The van der Waals surface area contributed by atoms with Crippen LogP contribution in [-0.2, 0) is 6.54 Å². The molecule has 24 heavy (non-hydrogen) atoms. The van der Waals surface area contributed by atoms with Gasteiger partial charge in [0.15, 0.2) is 5.82 Å². The lowest BCUT2D eigenvalue weighted by Gasteiger charge is -2.07. The summed E-state index contributed by atoms with van der Waals surface area (Å²) in [6.07, 6.45) is 0. The van der Waals surface area contributed by atoms with Gasteiger partial charge in [-0.05, 0) is 12.1 Å². The predicted octanol–water partition coefficient (Wildman–Crippen LogP) is 2.80. The van der Waals surface area contributed by atoms with Crippen molar-refractivity contribution in [3.05, 3.63) is 60.4 Å². The van der Waals surface area contributed by atoms with Gasteiger partial charge in [0.1, 0.15) is 11.6 Å². The van der Waals surface area contributed by atoms with E-state index < -0.39 is 0 Å². The van der Waals surface area contributed by atoms with Crippen LogP contribution in [-0.4, -0.2) is 28.3 Å². The summed E-state index contributed by atoms with van der Waals surface area (Å²) in [5, 5.41) is 12.4. The van der Waals surface area contributed by atoms with Crippen LogP contribution in [0, 0.1) is 0 Å². The van der Waals surface area contributed by atoms with Gasteiger partial charge in [0.25, 0.3) is 0 Å². The van der Waals surface area contributed by atoms with Crippen molar-refractivity contribution in [2.45, 2.75) is 6.54 Å². The van der Waals surface area contributed by atoms with Crippen LogP contribution in [0.25, 0.3) is 11.4 Å². The molecule has 0 spiro atoms. The van der Waals surface area contributed by atoms with Crippen LogP contribution in [0.3, 0.4) is 0 Å². The molecular formula is C17H17N5O2. The summed E-state index contributed by atoms with van der Waals surface area (Å²) in [4.78, 5) is 16.3. The van der Waals surface area contributed by atoms with Crippen LogP contribution in [0.5, 0.6) is 5.75 Å². The number of urea groups is 1. The molecule has 2 amide bonds. The molecule has 1 heterocycles. The lowest BCUT2D eigenvalue weighted by atomic mass is 10.2. The molecule has 3 rings (SSSR count). The van der Waals surface area contributed by atoms with Gasteiger partial charge in [-0.1, -0.05) is 36.4 Å². The number of rotatable bonds is 5. The smallest absolute Gasteiger partial charge is 0.319 e. The fraction of sp³-hybridized carbons (Fsp3) is 0.118. The van der Waals surface area contributed by atoms with Crippen molar-refractivity contribution < 1.29 is 9.53 Å². The molecular weight excluding hydrogens is 306 g/mol.